The van der Waals surface area contributed by atoms with E-state index in [-0.39, 0.29) is 25.1 Å². The molecule has 1 fully saturated rings. The second-order valence-electron chi connectivity index (χ2n) is 10.2. The molecule has 9 nitrogen and oxygen atoms in total. The highest BCUT2D eigenvalue weighted by atomic mass is 19.4. The molecule has 3 aromatic rings. The largest absolute Gasteiger partial charge is 0.496 e. The van der Waals surface area contributed by atoms with Gasteiger partial charge in [-0.15, -0.1) is 0 Å². The number of pyridine rings is 1. The molecule has 236 valence electrons. The molecule has 14 heteroatoms. The fourth-order valence-corrected chi connectivity index (χ4v) is 4.95. The molecule has 0 bridgehead atoms. The number of methoxy groups -OCH3 is 2. The number of nitrogens with one attached hydrogen (secondary N) is 1. The summed E-state index contributed by atoms with van der Waals surface area (Å²) in [4.78, 5) is 39.1. The average molecular weight is 624 g/mol. The zero-order chi connectivity index (χ0) is 32.3. The quantitative estimate of drug-likeness (QED) is 0.300. The molecule has 1 N–H and O–H groups in total. The minimum Gasteiger partial charge on any atom is -0.496 e. The van der Waals surface area contributed by atoms with Crippen molar-refractivity contribution in [2.45, 2.75) is 31.6 Å². The monoisotopic (exact) mass is 623 g/mol. The molecule has 0 aliphatic carbocycles. The molecular weight excluding hydrogens is 593 g/mol. The predicted molar refractivity (Wildman–Crippen MR) is 150 cm³/mol. The van der Waals surface area contributed by atoms with Gasteiger partial charge >= 0.3 is 12.1 Å². The van der Waals surface area contributed by atoms with E-state index in [2.05, 4.69) is 5.32 Å². The van der Waals surface area contributed by atoms with Gasteiger partial charge in [-0.3, -0.25) is 9.59 Å². The standard InChI is InChI=1S/C30H30F5N3O6/c1-16-11-23(42-3)25(28(40)37(16)2)18-7-5-17(6-8-18)12-22(29(41)43-4)36-27(39)26-20(31)13-19(14-21(26)32)38-9-10-44-15-24(38)30(33,34)35/h5-8,11,13-14,22,24H,9-10,12,15H2,1-4H3,(H,36,39)/t22-,24+/m0/s1. The van der Waals surface area contributed by atoms with Crippen LogP contribution in [0.1, 0.15) is 21.6 Å². The molecule has 1 aliphatic heterocycles. The maximum Gasteiger partial charge on any atom is 0.411 e. The zero-order valence-corrected chi connectivity index (χ0v) is 24.3. The van der Waals surface area contributed by atoms with Crippen LogP contribution in [0.25, 0.3) is 11.1 Å². The van der Waals surface area contributed by atoms with Gasteiger partial charge in [0.1, 0.15) is 35.0 Å². The van der Waals surface area contributed by atoms with E-state index in [1.54, 1.807) is 44.3 Å². The van der Waals surface area contributed by atoms with E-state index < -0.39 is 59.6 Å². The number of hydrogen-bond acceptors (Lipinski definition) is 7. The lowest BCUT2D eigenvalue weighted by atomic mass is 10.00. The Morgan fingerprint density at radius 3 is 2.30 bits per heavy atom. The Kier molecular flexibility index (Phi) is 9.62. The number of aryl methyl sites for hydroxylation is 1. The van der Waals surface area contributed by atoms with Gasteiger partial charge in [0.2, 0.25) is 0 Å². The molecule has 1 aromatic heterocycles. The predicted octanol–water partition coefficient (Wildman–Crippen LogP) is 3.93. The van der Waals surface area contributed by atoms with Crippen LogP contribution < -0.4 is 20.5 Å². The van der Waals surface area contributed by atoms with Crippen LogP contribution in [-0.2, 0) is 27.7 Å². The second kappa shape index (κ2) is 13.0. The van der Waals surface area contributed by atoms with Crippen LogP contribution in [0.3, 0.4) is 0 Å². The summed E-state index contributed by atoms with van der Waals surface area (Å²) in [6, 6.07) is 5.93. The van der Waals surface area contributed by atoms with Gasteiger partial charge in [-0.05, 0) is 30.2 Å². The lowest BCUT2D eigenvalue weighted by molar-refractivity contribution is -0.167. The minimum atomic E-state index is -4.73. The summed E-state index contributed by atoms with van der Waals surface area (Å²) in [5, 5.41) is 2.25. The summed E-state index contributed by atoms with van der Waals surface area (Å²) in [6.45, 7) is 0.682. The number of esters is 1. The Balaban J connectivity index is 1.56. The molecule has 1 amide bonds. The first kappa shape index (κ1) is 32.5. The lowest BCUT2D eigenvalue weighted by Gasteiger charge is -2.38. The van der Waals surface area contributed by atoms with Crippen molar-refractivity contribution >= 4 is 17.6 Å². The van der Waals surface area contributed by atoms with Crippen LogP contribution in [0.2, 0.25) is 0 Å². The molecular formula is C30H30F5N3O6. The topological polar surface area (TPSA) is 99.1 Å². The van der Waals surface area contributed by atoms with E-state index in [1.165, 1.54) is 11.7 Å². The van der Waals surface area contributed by atoms with Crippen LogP contribution in [-0.4, -0.2) is 68.7 Å². The Morgan fingerprint density at radius 2 is 1.73 bits per heavy atom. The first-order chi connectivity index (χ1) is 20.8. The molecule has 2 heterocycles. The summed E-state index contributed by atoms with van der Waals surface area (Å²) >= 11 is 0. The third-order valence-corrected chi connectivity index (χ3v) is 7.42. The SMILES string of the molecule is COC(=O)[C@H](Cc1ccc(-c2c(OC)cc(C)n(C)c2=O)cc1)NC(=O)c1c(F)cc(N2CCOC[C@@H]2C(F)(F)F)cc1F. The molecule has 2 aromatic carbocycles. The van der Waals surface area contributed by atoms with E-state index >= 15 is 8.78 Å². The van der Waals surface area contributed by atoms with E-state index in [4.69, 9.17) is 14.2 Å². The van der Waals surface area contributed by atoms with Gasteiger partial charge in [0, 0.05) is 37.5 Å². The maximum atomic E-state index is 15.1. The summed E-state index contributed by atoms with van der Waals surface area (Å²) in [6.07, 6.45) is -4.87. The Morgan fingerprint density at radius 1 is 1.09 bits per heavy atom. The maximum absolute atomic E-state index is 15.1. The van der Waals surface area contributed by atoms with Crippen molar-refractivity contribution in [3.8, 4) is 16.9 Å². The number of carbonyl (C=O) groups is 2. The van der Waals surface area contributed by atoms with Gasteiger partial charge < -0.3 is 29.0 Å². The number of amides is 1. The normalized spacial score (nSPS) is 15.9. The lowest BCUT2D eigenvalue weighted by Crippen LogP contribution is -2.53. The highest BCUT2D eigenvalue weighted by Crippen LogP contribution is 2.33. The fraction of sp³-hybridized carbons (Fsp3) is 0.367. The number of anilines is 1. The number of hydrogen-bond donors (Lipinski definition) is 1. The smallest absolute Gasteiger partial charge is 0.411 e. The molecule has 44 heavy (non-hydrogen) atoms. The summed E-state index contributed by atoms with van der Waals surface area (Å²) in [5.74, 6) is -4.66. The van der Waals surface area contributed by atoms with Crippen molar-refractivity contribution in [1.29, 1.82) is 0 Å². The minimum absolute atomic E-state index is 0.0882. The van der Waals surface area contributed by atoms with Crippen LogP contribution in [0.4, 0.5) is 27.6 Å². The Bertz CT molecular complexity index is 1580. The van der Waals surface area contributed by atoms with Crippen LogP contribution in [0.15, 0.2) is 47.3 Å². The van der Waals surface area contributed by atoms with E-state index in [0.717, 1.165) is 12.0 Å². The first-order valence-electron chi connectivity index (χ1n) is 13.4. The van der Waals surface area contributed by atoms with E-state index in [0.29, 0.717) is 40.3 Å². The molecule has 0 spiro atoms. The fourth-order valence-electron chi connectivity index (χ4n) is 4.95. The number of aromatic nitrogens is 1. The van der Waals surface area contributed by atoms with E-state index in [9.17, 15) is 27.6 Å². The molecule has 0 unspecified atom stereocenters. The number of alkyl halides is 3. The van der Waals surface area contributed by atoms with Crippen molar-refractivity contribution in [2.24, 2.45) is 7.05 Å². The highest BCUT2D eigenvalue weighted by Gasteiger charge is 2.46. The molecule has 2 atom stereocenters. The summed E-state index contributed by atoms with van der Waals surface area (Å²) < 4.78 is 87.0. The number of carbonyl (C=O) groups excluding carboxylic acids is 2. The van der Waals surface area contributed by atoms with Gasteiger partial charge in [-0.2, -0.15) is 13.2 Å². The number of benzene rings is 2. The van der Waals surface area contributed by atoms with Crippen LogP contribution in [0, 0.1) is 18.6 Å². The zero-order valence-electron chi connectivity index (χ0n) is 24.3. The summed E-state index contributed by atoms with van der Waals surface area (Å²) in [7, 11) is 4.13. The Labute approximate surface area is 249 Å². The van der Waals surface area contributed by atoms with Gasteiger partial charge in [-0.25, -0.2) is 13.6 Å². The van der Waals surface area contributed by atoms with Crippen LogP contribution in [0.5, 0.6) is 5.75 Å². The number of morpholine rings is 1. The molecule has 0 saturated carbocycles. The molecule has 0 radical (unpaired) electrons. The van der Waals surface area contributed by atoms with Crippen molar-refractivity contribution < 1.29 is 45.8 Å². The third-order valence-electron chi connectivity index (χ3n) is 7.42. The summed E-state index contributed by atoms with van der Waals surface area (Å²) in [5.41, 5.74) is 0.281. The van der Waals surface area contributed by atoms with E-state index in [1.807, 2.05) is 0 Å². The second-order valence-corrected chi connectivity index (χ2v) is 10.2. The molecule has 4 rings (SSSR count). The number of ether oxygens (including phenoxy) is 3. The average Bonchev–Trinajstić information content (AvgIpc) is 2.98. The van der Waals surface area contributed by atoms with Crippen molar-refractivity contribution in [3.05, 3.63) is 81.3 Å². The van der Waals surface area contributed by atoms with Crippen molar-refractivity contribution in [3.63, 3.8) is 0 Å². The van der Waals surface area contributed by atoms with Crippen molar-refractivity contribution in [2.75, 3.05) is 38.9 Å². The third kappa shape index (κ3) is 6.69. The van der Waals surface area contributed by atoms with Gasteiger partial charge in [0.15, 0.2) is 0 Å². The number of halogens is 5. The first-order valence-corrected chi connectivity index (χ1v) is 13.4. The number of nitrogens with zero attached hydrogens (tertiary/aromatic N) is 2. The van der Waals surface area contributed by atoms with Gasteiger partial charge in [-0.1, -0.05) is 24.3 Å². The van der Waals surface area contributed by atoms with Crippen LogP contribution >= 0.6 is 0 Å². The number of rotatable bonds is 8. The molecule has 1 aliphatic rings. The van der Waals surface area contributed by atoms with Gasteiger partial charge in [0.25, 0.3) is 11.5 Å². The van der Waals surface area contributed by atoms with Gasteiger partial charge in [0.05, 0.1) is 33.0 Å². The van der Waals surface area contributed by atoms with Crippen molar-refractivity contribution in [1.82, 2.24) is 9.88 Å². The highest BCUT2D eigenvalue weighted by molar-refractivity contribution is 5.97. The Hall–Kier alpha value is -4.46. The molecule has 1 saturated heterocycles.